The Kier molecular flexibility index (Phi) is 3.89. The van der Waals surface area contributed by atoms with Gasteiger partial charge < -0.3 is 11.1 Å². The Morgan fingerprint density at radius 1 is 1.19 bits per heavy atom. The molecular formula is C20H18N4O2. The molecule has 2 aromatic carbocycles. The maximum atomic E-state index is 12.9. The second-order valence-electron chi connectivity index (χ2n) is 6.44. The zero-order chi connectivity index (χ0) is 18.3. The van der Waals surface area contributed by atoms with Gasteiger partial charge in [0.05, 0.1) is 16.5 Å². The van der Waals surface area contributed by atoms with Crippen LogP contribution in [0.15, 0.2) is 59.5 Å². The maximum absolute atomic E-state index is 12.9. The summed E-state index contributed by atoms with van der Waals surface area (Å²) in [5.41, 5.74) is 6.75. The molecule has 4 rings (SSSR count). The Morgan fingerprint density at radius 3 is 2.65 bits per heavy atom. The molecule has 6 nitrogen and oxygen atoms in total. The minimum Gasteiger partial charge on any atom is -0.350 e. The van der Waals surface area contributed by atoms with Crippen molar-refractivity contribution >= 4 is 33.2 Å². The second-order valence-corrected chi connectivity index (χ2v) is 6.44. The van der Waals surface area contributed by atoms with E-state index in [0.29, 0.717) is 28.7 Å². The average molecular weight is 346 g/mol. The molecule has 6 heteroatoms. The van der Waals surface area contributed by atoms with Crippen LogP contribution < -0.4 is 16.6 Å². The minimum absolute atomic E-state index is 0.156. The summed E-state index contributed by atoms with van der Waals surface area (Å²) in [6, 6.07) is 14.7. The predicted octanol–water partition coefficient (Wildman–Crippen LogP) is 2.08. The van der Waals surface area contributed by atoms with E-state index in [1.54, 1.807) is 18.3 Å². The van der Waals surface area contributed by atoms with Crippen LogP contribution >= 0.6 is 0 Å². The molecule has 26 heavy (non-hydrogen) atoms. The molecule has 0 unspecified atom stereocenters. The van der Waals surface area contributed by atoms with Crippen LogP contribution in [0.5, 0.6) is 0 Å². The molecule has 3 N–H and O–H groups in total. The Morgan fingerprint density at radius 2 is 1.92 bits per heavy atom. The first kappa shape index (κ1) is 16.2. The van der Waals surface area contributed by atoms with E-state index in [2.05, 4.69) is 10.3 Å². The van der Waals surface area contributed by atoms with Gasteiger partial charge in [0.2, 0.25) is 0 Å². The molecule has 2 heterocycles. The molecule has 0 spiro atoms. The third kappa shape index (κ3) is 2.70. The number of carbonyl (C=O) groups is 1. The number of nitrogens with zero attached hydrogens (tertiary/aromatic N) is 2. The zero-order valence-electron chi connectivity index (χ0n) is 14.3. The van der Waals surface area contributed by atoms with Crippen LogP contribution in [-0.2, 0) is 0 Å². The fourth-order valence-electron chi connectivity index (χ4n) is 3.04. The highest BCUT2D eigenvalue weighted by molar-refractivity contribution is 6.02. The standard InChI is InChI=1S/C20H18N4O2/c1-12(21)11-22-19(25)15-7-4-8-24-18(15)23-17-10-14-6-3-2-5-13(14)9-16(17)20(24)26/h2-10,12H,11,21H2,1H3,(H,22,25)/t12-/m1/s1. The van der Waals surface area contributed by atoms with E-state index in [0.717, 1.165) is 10.8 Å². The van der Waals surface area contributed by atoms with Crippen molar-refractivity contribution in [1.82, 2.24) is 14.7 Å². The van der Waals surface area contributed by atoms with Crippen molar-refractivity contribution in [3.05, 3.63) is 70.6 Å². The zero-order valence-corrected chi connectivity index (χ0v) is 14.3. The molecule has 0 saturated carbocycles. The summed E-state index contributed by atoms with van der Waals surface area (Å²) >= 11 is 0. The van der Waals surface area contributed by atoms with Gasteiger partial charge in [-0.2, -0.15) is 0 Å². The molecule has 0 radical (unpaired) electrons. The molecule has 4 aromatic rings. The lowest BCUT2D eigenvalue weighted by Gasteiger charge is -2.11. The van der Waals surface area contributed by atoms with Gasteiger partial charge in [0.1, 0.15) is 0 Å². The van der Waals surface area contributed by atoms with Gasteiger partial charge in [0.15, 0.2) is 5.65 Å². The largest absolute Gasteiger partial charge is 0.350 e. The highest BCUT2D eigenvalue weighted by atomic mass is 16.2. The lowest BCUT2D eigenvalue weighted by Crippen LogP contribution is -2.35. The van der Waals surface area contributed by atoms with Crippen molar-refractivity contribution < 1.29 is 4.79 Å². The van der Waals surface area contributed by atoms with Crippen molar-refractivity contribution in [1.29, 1.82) is 0 Å². The third-order valence-corrected chi connectivity index (χ3v) is 4.34. The fourth-order valence-corrected chi connectivity index (χ4v) is 3.04. The quantitative estimate of drug-likeness (QED) is 0.556. The molecule has 2 aromatic heterocycles. The van der Waals surface area contributed by atoms with E-state index in [-0.39, 0.29) is 17.5 Å². The first-order chi connectivity index (χ1) is 12.5. The summed E-state index contributed by atoms with van der Waals surface area (Å²) in [6.07, 6.45) is 1.63. The summed E-state index contributed by atoms with van der Waals surface area (Å²) in [6.45, 7) is 2.16. The summed E-state index contributed by atoms with van der Waals surface area (Å²) in [5.74, 6) is -0.299. The Balaban J connectivity index is 1.97. The predicted molar refractivity (Wildman–Crippen MR) is 102 cm³/mol. The van der Waals surface area contributed by atoms with E-state index in [1.165, 1.54) is 4.40 Å². The van der Waals surface area contributed by atoms with Crippen molar-refractivity contribution in [2.45, 2.75) is 13.0 Å². The third-order valence-electron chi connectivity index (χ3n) is 4.34. The van der Waals surface area contributed by atoms with Crippen LogP contribution in [0, 0.1) is 0 Å². The number of amides is 1. The summed E-state index contributed by atoms with van der Waals surface area (Å²) < 4.78 is 1.41. The van der Waals surface area contributed by atoms with Gasteiger partial charge in [-0.1, -0.05) is 24.3 Å². The number of hydrogen-bond acceptors (Lipinski definition) is 4. The molecule has 1 atom stereocenters. The SMILES string of the molecule is C[C@@H](N)CNC(=O)c1cccn2c(=O)c3cc4ccccc4cc3nc12. The highest BCUT2D eigenvalue weighted by Gasteiger charge is 2.15. The number of aromatic nitrogens is 2. The number of fused-ring (bicyclic) bond motifs is 3. The van der Waals surface area contributed by atoms with Gasteiger partial charge in [-0.3, -0.25) is 14.0 Å². The van der Waals surface area contributed by atoms with Crippen molar-refractivity contribution in [2.24, 2.45) is 5.73 Å². The van der Waals surface area contributed by atoms with Gasteiger partial charge in [0.25, 0.3) is 11.5 Å². The molecule has 0 aliphatic heterocycles. The van der Waals surface area contributed by atoms with Gasteiger partial charge in [0, 0.05) is 18.8 Å². The minimum atomic E-state index is -0.299. The van der Waals surface area contributed by atoms with E-state index in [4.69, 9.17) is 5.73 Å². The first-order valence-electron chi connectivity index (χ1n) is 8.42. The number of benzene rings is 2. The lowest BCUT2D eigenvalue weighted by atomic mass is 10.1. The molecule has 0 aliphatic carbocycles. The van der Waals surface area contributed by atoms with Gasteiger partial charge in [-0.25, -0.2) is 4.98 Å². The smallest absolute Gasteiger partial charge is 0.265 e. The number of pyridine rings is 1. The van der Waals surface area contributed by atoms with Crippen molar-refractivity contribution in [3.8, 4) is 0 Å². The number of nitrogens with one attached hydrogen (secondary N) is 1. The first-order valence-corrected chi connectivity index (χ1v) is 8.42. The molecular weight excluding hydrogens is 328 g/mol. The Labute approximate surface area is 149 Å². The molecule has 0 fully saturated rings. The molecule has 1 amide bonds. The van der Waals surface area contributed by atoms with E-state index < -0.39 is 0 Å². The van der Waals surface area contributed by atoms with Crippen LogP contribution in [0.4, 0.5) is 0 Å². The summed E-state index contributed by atoms with van der Waals surface area (Å²) in [5, 5.41) is 5.26. The summed E-state index contributed by atoms with van der Waals surface area (Å²) in [7, 11) is 0. The fraction of sp³-hybridized carbons (Fsp3) is 0.150. The van der Waals surface area contributed by atoms with E-state index in [9.17, 15) is 9.59 Å². The molecule has 130 valence electrons. The lowest BCUT2D eigenvalue weighted by molar-refractivity contribution is 0.0953. The van der Waals surface area contributed by atoms with E-state index >= 15 is 0 Å². The van der Waals surface area contributed by atoms with Crippen molar-refractivity contribution in [3.63, 3.8) is 0 Å². The number of carbonyl (C=O) groups excluding carboxylic acids is 1. The molecule has 0 saturated heterocycles. The highest BCUT2D eigenvalue weighted by Crippen LogP contribution is 2.20. The maximum Gasteiger partial charge on any atom is 0.265 e. The van der Waals surface area contributed by atoms with Gasteiger partial charge >= 0.3 is 0 Å². The van der Waals surface area contributed by atoms with Crippen LogP contribution in [0.3, 0.4) is 0 Å². The second kappa shape index (κ2) is 6.24. The normalized spacial score (nSPS) is 12.5. The van der Waals surface area contributed by atoms with Crippen LogP contribution in [0.2, 0.25) is 0 Å². The Hall–Kier alpha value is -3.25. The van der Waals surface area contributed by atoms with Crippen LogP contribution in [-0.4, -0.2) is 27.9 Å². The van der Waals surface area contributed by atoms with Gasteiger partial charge in [-0.05, 0) is 42.0 Å². The molecule has 0 bridgehead atoms. The number of nitrogens with two attached hydrogens (primary N) is 1. The van der Waals surface area contributed by atoms with Crippen LogP contribution in [0.1, 0.15) is 17.3 Å². The number of rotatable bonds is 3. The monoisotopic (exact) mass is 346 g/mol. The molecule has 0 aliphatic rings. The van der Waals surface area contributed by atoms with E-state index in [1.807, 2.05) is 43.3 Å². The average Bonchev–Trinajstić information content (AvgIpc) is 2.64. The van der Waals surface area contributed by atoms with Gasteiger partial charge in [-0.15, -0.1) is 0 Å². The summed E-state index contributed by atoms with van der Waals surface area (Å²) in [4.78, 5) is 30.1. The number of hydrogen-bond donors (Lipinski definition) is 2. The topological polar surface area (TPSA) is 89.5 Å². The van der Waals surface area contributed by atoms with Crippen molar-refractivity contribution in [2.75, 3.05) is 6.54 Å². The Bertz CT molecular complexity index is 1210. The van der Waals surface area contributed by atoms with Crippen LogP contribution in [0.25, 0.3) is 27.3 Å².